The third-order valence-electron chi connectivity index (χ3n) is 8.78. The minimum Gasteiger partial charge on any atom is -0.201 e. The van der Waals surface area contributed by atoms with Gasteiger partial charge in [0.25, 0.3) is 0 Å². The standard InChI is InChI=1S/C32H40N/c1-24-7-5-6-8-29(24)30-23-28(15-22-33(30)4)26-11-9-25(10-12-26)27-13-16-32(17-14-27)20-18-31(2,3)19-21-32/h5-12,15,22-23,27H,13-14,16-21H2,1-4H3/q+1/i27D. The molecule has 2 aliphatic carbocycles. The maximum Gasteiger partial charge on any atom is 0.213 e. The Balaban J connectivity index is 1.34. The lowest BCUT2D eigenvalue weighted by Crippen LogP contribution is -2.34. The van der Waals surface area contributed by atoms with Gasteiger partial charge in [0.2, 0.25) is 5.69 Å². The fraction of sp³-hybridized carbons (Fsp3) is 0.469. The molecular formula is C32H40N+. The predicted octanol–water partition coefficient (Wildman–Crippen LogP) is 8.40. The summed E-state index contributed by atoms with van der Waals surface area (Å²) in [6, 6.07) is 22.0. The number of hydrogen-bond donors (Lipinski definition) is 0. The van der Waals surface area contributed by atoms with Gasteiger partial charge in [0.05, 0.1) is 0 Å². The van der Waals surface area contributed by atoms with Crippen LogP contribution in [0.25, 0.3) is 22.4 Å². The van der Waals surface area contributed by atoms with Gasteiger partial charge >= 0.3 is 0 Å². The molecule has 2 aromatic carbocycles. The first kappa shape index (κ1) is 21.1. The summed E-state index contributed by atoms with van der Waals surface area (Å²) in [5.41, 5.74) is 8.48. The number of nitrogens with zero attached hydrogens (tertiary/aromatic N) is 1. The van der Waals surface area contributed by atoms with E-state index >= 15 is 0 Å². The van der Waals surface area contributed by atoms with Crippen molar-refractivity contribution in [3.8, 4) is 22.4 Å². The fourth-order valence-electron chi connectivity index (χ4n) is 6.10. The van der Waals surface area contributed by atoms with Gasteiger partial charge in [-0.15, -0.1) is 0 Å². The monoisotopic (exact) mass is 439 g/mol. The fourth-order valence-corrected chi connectivity index (χ4v) is 6.10. The Bertz CT molecular complexity index is 1150. The summed E-state index contributed by atoms with van der Waals surface area (Å²) in [6.45, 7) is 7.03. The van der Waals surface area contributed by atoms with Gasteiger partial charge in [-0.2, -0.15) is 0 Å². The summed E-state index contributed by atoms with van der Waals surface area (Å²) >= 11 is 0. The summed E-state index contributed by atoms with van der Waals surface area (Å²) in [5, 5.41) is 0. The van der Waals surface area contributed by atoms with Crippen molar-refractivity contribution in [1.29, 1.82) is 0 Å². The lowest BCUT2D eigenvalue weighted by molar-refractivity contribution is -0.660. The molecule has 1 aromatic heterocycles. The van der Waals surface area contributed by atoms with Gasteiger partial charge in [-0.25, -0.2) is 4.57 Å². The van der Waals surface area contributed by atoms with E-state index in [1.807, 2.05) is 0 Å². The second-order valence-corrected chi connectivity index (χ2v) is 11.6. The Hall–Kier alpha value is -2.41. The zero-order valence-corrected chi connectivity index (χ0v) is 21.0. The van der Waals surface area contributed by atoms with E-state index in [4.69, 9.17) is 0 Å². The average Bonchev–Trinajstić information content (AvgIpc) is 2.84. The van der Waals surface area contributed by atoms with Crippen molar-refractivity contribution in [2.45, 2.75) is 78.0 Å². The largest absolute Gasteiger partial charge is 0.213 e. The van der Waals surface area contributed by atoms with E-state index in [0.717, 1.165) is 12.8 Å². The first-order valence-electron chi connectivity index (χ1n) is 13.4. The van der Waals surface area contributed by atoms with Gasteiger partial charge in [-0.1, -0.05) is 56.3 Å². The van der Waals surface area contributed by atoms with E-state index in [1.165, 1.54) is 72.0 Å². The van der Waals surface area contributed by atoms with Crippen LogP contribution in [0.4, 0.5) is 0 Å². The average molecular weight is 440 g/mol. The molecule has 2 aliphatic rings. The van der Waals surface area contributed by atoms with Gasteiger partial charge in [0.1, 0.15) is 7.05 Å². The maximum atomic E-state index is 9.31. The van der Waals surface area contributed by atoms with Crippen LogP contribution < -0.4 is 4.57 Å². The van der Waals surface area contributed by atoms with Crippen molar-refractivity contribution in [2.75, 3.05) is 0 Å². The van der Waals surface area contributed by atoms with Crippen LogP contribution in [0.3, 0.4) is 0 Å². The Morgan fingerprint density at radius 2 is 1.48 bits per heavy atom. The Morgan fingerprint density at radius 1 is 0.818 bits per heavy atom. The van der Waals surface area contributed by atoms with Crippen LogP contribution in [0.1, 0.15) is 83.6 Å². The third kappa shape index (κ3) is 4.65. The third-order valence-corrected chi connectivity index (χ3v) is 8.78. The highest BCUT2D eigenvalue weighted by Gasteiger charge is 2.40. The molecule has 0 radical (unpaired) electrons. The molecule has 2 saturated carbocycles. The second-order valence-electron chi connectivity index (χ2n) is 11.6. The van der Waals surface area contributed by atoms with Crippen molar-refractivity contribution >= 4 is 0 Å². The molecular weight excluding hydrogens is 398 g/mol. The van der Waals surface area contributed by atoms with Crippen LogP contribution in [0.15, 0.2) is 66.9 Å². The molecule has 0 amide bonds. The minimum atomic E-state index is -0.424. The van der Waals surface area contributed by atoms with Crippen molar-refractivity contribution in [3.05, 3.63) is 78.0 Å². The van der Waals surface area contributed by atoms with Crippen LogP contribution in [0.5, 0.6) is 0 Å². The van der Waals surface area contributed by atoms with Gasteiger partial charge in [0, 0.05) is 19.1 Å². The highest BCUT2D eigenvalue weighted by Crippen LogP contribution is 2.54. The van der Waals surface area contributed by atoms with Crippen LogP contribution in [0.2, 0.25) is 0 Å². The highest BCUT2D eigenvalue weighted by molar-refractivity contribution is 5.70. The molecule has 0 aliphatic heterocycles. The highest BCUT2D eigenvalue weighted by atomic mass is 14.9. The van der Waals surface area contributed by atoms with Gasteiger partial charge < -0.3 is 0 Å². The molecule has 1 spiro atoms. The first-order valence-corrected chi connectivity index (χ1v) is 12.9. The SMILES string of the molecule is [2H]C1(c2ccc(-c3cc[n+](C)c(-c4ccccc4C)c3)cc2)CCC2(CCC(C)(C)CC2)CC1. The first-order chi connectivity index (χ1) is 16.2. The summed E-state index contributed by atoms with van der Waals surface area (Å²) in [4.78, 5) is 0. The van der Waals surface area contributed by atoms with E-state index in [9.17, 15) is 1.37 Å². The van der Waals surface area contributed by atoms with Crippen LogP contribution in [0, 0.1) is 17.8 Å². The predicted molar refractivity (Wildman–Crippen MR) is 139 cm³/mol. The van der Waals surface area contributed by atoms with E-state index < -0.39 is 5.89 Å². The van der Waals surface area contributed by atoms with Crippen molar-refractivity contribution in [1.82, 2.24) is 0 Å². The Labute approximate surface area is 202 Å². The number of hydrogen-bond acceptors (Lipinski definition) is 0. The molecule has 0 N–H and O–H groups in total. The topological polar surface area (TPSA) is 3.88 Å². The molecule has 2 fully saturated rings. The normalized spacial score (nSPS) is 21.5. The lowest BCUT2D eigenvalue weighted by Gasteiger charge is -2.47. The number of aryl methyl sites for hydroxylation is 2. The molecule has 33 heavy (non-hydrogen) atoms. The van der Waals surface area contributed by atoms with Crippen molar-refractivity contribution < 1.29 is 5.94 Å². The van der Waals surface area contributed by atoms with Crippen molar-refractivity contribution in [2.24, 2.45) is 17.9 Å². The minimum absolute atomic E-state index is 0.424. The smallest absolute Gasteiger partial charge is 0.201 e. The molecule has 0 bridgehead atoms. The number of aromatic nitrogens is 1. The molecule has 1 nitrogen and oxygen atoms in total. The summed E-state index contributed by atoms with van der Waals surface area (Å²) < 4.78 is 11.5. The van der Waals surface area contributed by atoms with Crippen LogP contribution in [-0.4, -0.2) is 0 Å². The Kier molecular flexibility index (Phi) is 5.60. The molecule has 0 saturated heterocycles. The molecule has 1 heterocycles. The van der Waals surface area contributed by atoms with E-state index in [-0.39, 0.29) is 0 Å². The zero-order chi connectivity index (χ0) is 24.0. The van der Waals surface area contributed by atoms with Gasteiger partial charge in [-0.3, -0.25) is 0 Å². The lowest BCUT2D eigenvalue weighted by atomic mass is 9.58. The van der Waals surface area contributed by atoms with Gasteiger partial charge in [0.15, 0.2) is 6.20 Å². The molecule has 5 rings (SSSR count). The number of rotatable bonds is 3. The van der Waals surface area contributed by atoms with Crippen molar-refractivity contribution in [3.63, 3.8) is 0 Å². The number of benzene rings is 2. The summed E-state index contributed by atoms with van der Waals surface area (Å²) in [6.07, 6.45) is 12.1. The zero-order valence-electron chi connectivity index (χ0n) is 22.0. The Morgan fingerprint density at radius 3 is 2.15 bits per heavy atom. The molecule has 1 heteroatoms. The van der Waals surface area contributed by atoms with E-state index in [0.29, 0.717) is 10.8 Å². The molecule has 3 aromatic rings. The van der Waals surface area contributed by atoms with Crippen LogP contribution in [-0.2, 0) is 7.05 Å². The quantitative estimate of drug-likeness (QED) is 0.361. The molecule has 0 unspecified atom stereocenters. The molecule has 0 atom stereocenters. The van der Waals surface area contributed by atoms with E-state index in [1.54, 1.807) is 0 Å². The molecule has 172 valence electrons. The summed E-state index contributed by atoms with van der Waals surface area (Å²) in [7, 11) is 2.11. The maximum absolute atomic E-state index is 9.31. The summed E-state index contributed by atoms with van der Waals surface area (Å²) in [5.74, 6) is -0.424. The van der Waals surface area contributed by atoms with E-state index in [2.05, 4.69) is 99.2 Å². The van der Waals surface area contributed by atoms with Gasteiger partial charge in [-0.05, 0) is 103 Å². The second kappa shape index (κ2) is 8.75. The number of pyridine rings is 1. The van der Waals surface area contributed by atoms with Crippen LogP contribution >= 0.6 is 0 Å².